The Kier molecular flexibility index (Phi) is 9.60. The maximum Gasteiger partial charge on any atom is 0.329 e. The number of carbonyl (C=O) groups excluding carboxylic acids is 3. The molecule has 10 nitrogen and oxygen atoms in total. The van der Waals surface area contributed by atoms with Gasteiger partial charge in [-0.2, -0.15) is 5.10 Å². The second kappa shape index (κ2) is 13.3. The van der Waals surface area contributed by atoms with Crippen LogP contribution < -0.4 is 30.3 Å². The highest BCUT2D eigenvalue weighted by Gasteiger charge is 2.14. The van der Waals surface area contributed by atoms with E-state index in [0.717, 1.165) is 5.56 Å². The quantitative estimate of drug-likeness (QED) is 0.221. The molecule has 3 aromatic rings. The summed E-state index contributed by atoms with van der Waals surface area (Å²) >= 11 is 0. The molecule has 0 unspecified atom stereocenters. The number of benzene rings is 3. The molecule has 3 rings (SSSR count). The van der Waals surface area contributed by atoms with Gasteiger partial charge in [-0.1, -0.05) is 31.2 Å². The van der Waals surface area contributed by atoms with Gasteiger partial charge in [-0.25, -0.2) is 5.43 Å². The Morgan fingerprint density at radius 1 is 0.865 bits per heavy atom. The molecular formula is C27H28N4O6. The van der Waals surface area contributed by atoms with E-state index in [1.54, 1.807) is 61.7 Å². The van der Waals surface area contributed by atoms with Crippen molar-refractivity contribution in [3.63, 3.8) is 0 Å². The molecule has 0 aromatic heterocycles. The fraction of sp³-hybridized carbons (Fsp3) is 0.185. The molecule has 0 saturated heterocycles. The largest absolute Gasteiger partial charge is 0.497 e. The number of hydrogen-bond donors (Lipinski definition) is 3. The van der Waals surface area contributed by atoms with Crippen molar-refractivity contribution in [2.75, 3.05) is 31.5 Å². The maximum atomic E-state index is 12.3. The van der Waals surface area contributed by atoms with Gasteiger partial charge in [0.2, 0.25) is 0 Å². The van der Waals surface area contributed by atoms with Crippen molar-refractivity contribution in [1.29, 1.82) is 0 Å². The van der Waals surface area contributed by atoms with Gasteiger partial charge in [0.05, 0.1) is 20.4 Å². The normalized spacial score (nSPS) is 10.5. The lowest BCUT2D eigenvalue weighted by Gasteiger charge is -2.12. The highest BCUT2D eigenvalue weighted by atomic mass is 16.5. The molecule has 192 valence electrons. The number of rotatable bonds is 10. The molecule has 0 radical (unpaired) electrons. The van der Waals surface area contributed by atoms with Gasteiger partial charge in [0, 0.05) is 17.4 Å². The highest BCUT2D eigenvalue weighted by molar-refractivity contribution is 6.39. The van der Waals surface area contributed by atoms with Crippen molar-refractivity contribution in [3.8, 4) is 17.2 Å². The second-order valence-corrected chi connectivity index (χ2v) is 7.64. The first-order valence-electron chi connectivity index (χ1n) is 11.4. The highest BCUT2D eigenvalue weighted by Crippen LogP contribution is 2.27. The number of methoxy groups -OCH3 is 2. The monoisotopic (exact) mass is 504 g/mol. The van der Waals surface area contributed by atoms with Crippen molar-refractivity contribution < 1.29 is 28.6 Å². The molecule has 0 aliphatic heterocycles. The molecule has 37 heavy (non-hydrogen) atoms. The first-order chi connectivity index (χ1) is 17.9. The summed E-state index contributed by atoms with van der Waals surface area (Å²) in [6.45, 7) is 1.71. The summed E-state index contributed by atoms with van der Waals surface area (Å²) < 4.78 is 16.1. The molecule has 0 atom stereocenters. The van der Waals surface area contributed by atoms with E-state index in [2.05, 4.69) is 21.2 Å². The number of hydrazone groups is 1. The summed E-state index contributed by atoms with van der Waals surface area (Å²) in [6, 6.07) is 19.1. The van der Waals surface area contributed by atoms with Crippen LogP contribution in [0.4, 0.5) is 11.4 Å². The van der Waals surface area contributed by atoms with Crippen LogP contribution in [0.15, 0.2) is 71.8 Å². The van der Waals surface area contributed by atoms with Crippen molar-refractivity contribution in [2.45, 2.75) is 13.3 Å². The topological polar surface area (TPSA) is 127 Å². The fourth-order valence-corrected chi connectivity index (χ4v) is 3.27. The van der Waals surface area contributed by atoms with Crippen LogP contribution in [0.2, 0.25) is 0 Å². The lowest BCUT2D eigenvalue weighted by Crippen LogP contribution is -2.32. The molecule has 0 fully saturated rings. The minimum absolute atomic E-state index is 0.243. The van der Waals surface area contributed by atoms with E-state index in [1.165, 1.54) is 13.3 Å². The lowest BCUT2D eigenvalue weighted by molar-refractivity contribution is -0.136. The van der Waals surface area contributed by atoms with E-state index in [4.69, 9.17) is 14.2 Å². The van der Waals surface area contributed by atoms with Gasteiger partial charge in [0.1, 0.15) is 5.75 Å². The predicted octanol–water partition coefficient (Wildman–Crippen LogP) is 3.37. The Labute approximate surface area is 214 Å². The third kappa shape index (κ3) is 7.82. The van der Waals surface area contributed by atoms with Crippen LogP contribution in [0.5, 0.6) is 17.2 Å². The number of nitrogens with one attached hydrogen (secondary N) is 3. The van der Waals surface area contributed by atoms with Crippen molar-refractivity contribution >= 4 is 35.3 Å². The zero-order valence-corrected chi connectivity index (χ0v) is 20.7. The molecule has 10 heteroatoms. The van der Waals surface area contributed by atoms with E-state index < -0.39 is 11.8 Å². The van der Waals surface area contributed by atoms with Crippen LogP contribution in [-0.2, 0) is 20.8 Å². The van der Waals surface area contributed by atoms with Crippen molar-refractivity contribution in [1.82, 2.24) is 5.43 Å². The van der Waals surface area contributed by atoms with Crippen LogP contribution in [0.3, 0.4) is 0 Å². The van der Waals surface area contributed by atoms with E-state index >= 15 is 0 Å². The zero-order valence-electron chi connectivity index (χ0n) is 20.7. The first-order valence-corrected chi connectivity index (χ1v) is 11.4. The Bertz CT molecular complexity index is 1290. The average molecular weight is 505 g/mol. The molecule has 0 bridgehead atoms. The fourth-order valence-electron chi connectivity index (χ4n) is 3.27. The average Bonchev–Trinajstić information content (AvgIpc) is 2.92. The minimum atomic E-state index is -0.906. The number of para-hydroxylation sites is 1. The van der Waals surface area contributed by atoms with Crippen LogP contribution in [0, 0.1) is 0 Å². The van der Waals surface area contributed by atoms with Gasteiger partial charge in [-0.3, -0.25) is 14.4 Å². The Balaban J connectivity index is 1.53. The molecule has 0 spiro atoms. The summed E-state index contributed by atoms with van der Waals surface area (Å²) in [7, 11) is 3.00. The number of aryl methyl sites for hydroxylation is 1. The Hall–Kier alpha value is -4.86. The standard InChI is InChI=1S/C27H28N4O6/c1-4-19-8-5-6-11-22(19)30-26(33)27(34)31-28-16-18-12-13-23(24(14-18)36-3)37-17-25(32)29-20-9-7-10-21(15-20)35-2/h5-16H,4,17H2,1-3H3,(H,29,32)(H,30,33)(H,31,34)/b28-16-. The number of hydrogen-bond acceptors (Lipinski definition) is 7. The van der Waals surface area contributed by atoms with Crippen molar-refractivity contribution in [2.24, 2.45) is 5.10 Å². The van der Waals surface area contributed by atoms with E-state index in [1.807, 2.05) is 19.1 Å². The second-order valence-electron chi connectivity index (χ2n) is 7.64. The summed E-state index contributed by atoms with van der Waals surface area (Å²) in [5.41, 5.74) is 4.84. The lowest BCUT2D eigenvalue weighted by atomic mass is 10.1. The third-order valence-electron chi connectivity index (χ3n) is 5.13. The van der Waals surface area contributed by atoms with Gasteiger partial charge in [0.15, 0.2) is 18.1 Å². The van der Waals surface area contributed by atoms with Gasteiger partial charge >= 0.3 is 11.8 Å². The molecule has 3 aromatic carbocycles. The molecule has 0 heterocycles. The minimum Gasteiger partial charge on any atom is -0.497 e. The van der Waals surface area contributed by atoms with Gasteiger partial charge in [-0.15, -0.1) is 0 Å². The molecule has 0 aliphatic rings. The first kappa shape index (κ1) is 26.7. The predicted molar refractivity (Wildman–Crippen MR) is 140 cm³/mol. The number of carbonyl (C=O) groups is 3. The Morgan fingerprint density at radius 3 is 2.43 bits per heavy atom. The summed E-state index contributed by atoms with van der Waals surface area (Å²) in [5.74, 6) is -0.765. The number of nitrogens with zero attached hydrogens (tertiary/aromatic N) is 1. The van der Waals surface area contributed by atoms with E-state index in [0.29, 0.717) is 40.6 Å². The van der Waals surface area contributed by atoms with E-state index in [9.17, 15) is 14.4 Å². The van der Waals surface area contributed by atoms with Crippen LogP contribution in [0.1, 0.15) is 18.1 Å². The maximum absolute atomic E-state index is 12.3. The third-order valence-corrected chi connectivity index (χ3v) is 5.13. The number of amides is 3. The van der Waals surface area contributed by atoms with Gasteiger partial charge in [-0.05, 0) is 53.9 Å². The number of anilines is 2. The summed E-state index contributed by atoms with van der Waals surface area (Å²) in [5, 5.41) is 9.14. The van der Waals surface area contributed by atoms with Crippen LogP contribution in [0.25, 0.3) is 0 Å². The molecular weight excluding hydrogens is 476 g/mol. The molecule has 0 saturated carbocycles. The smallest absolute Gasteiger partial charge is 0.329 e. The Morgan fingerprint density at radius 2 is 1.68 bits per heavy atom. The van der Waals surface area contributed by atoms with Gasteiger partial charge < -0.3 is 24.8 Å². The molecule has 0 aliphatic carbocycles. The SMILES string of the molecule is CCc1ccccc1NC(=O)C(=O)N/N=C\c1ccc(OCC(=O)Nc2cccc(OC)c2)c(OC)c1. The van der Waals surface area contributed by atoms with E-state index in [-0.39, 0.29) is 12.5 Å². The van der Waals surface area contributed by atoms with Crippen LogP contribution >= 0.6 is 0 Å². The number of ether oxygens (including phenoxy) is 3. The van der Waals surface area contributed by atoms with Crippen molar-refractivity contribution in [3.05, 3.63) is 77.9 Å². The zero-order chi connectivity index (χ0) is 26.6. The molecule has 3 N–H and O–H groups in total. The summed E-state index contributed by atoms with van der Waals surface area (Å²) in [6.07, 6.45) is 2.07. The van der Waals surface area contributed by atoms with Crippen LogP contribution in [-0.4, -0.2) is 44.8 Å². The van der Waals surface area contributed by atoms with Gasteiger partial charge in [0.25, 0.3) is 5.91 Å². The molecule has 3 amide bonds. The summed E-state index contributed by atoms with van der Waals surface area (Å²) in [4.78, 5) is 36.5.